The van der Waals surface area contributed by atoms with Crippen LogP contribution in [0.15, 0.2) is 108 Å². The fourth-order valence-electron chi connectivity index (χ4n) is 10.7. The number of nitrogens with zero attached hydrogens (tertiary/aromatic N) is 2. The first-order valence-electron chi connectivity index (χ1n) is 22.6. The van der Waals surface area contributed by atoms with Crippen LogP contribution in [0.2, 0.25) is 0 Å². The molecule has 0 saturated heterocycles. The van der Waals surface area contributed by atoms with E-state index >= 15 is 0 Å². The molecule has 0 bridgehead atoms. The molecule has 0 aliphatic heterocycles. The molecule has 376 valence electrons. The number of allylic oxidation sites excluding steroid dienone is 12. The molecule has 0 N–H and O–H groups in total. The molecule has 2 nitrogen and oxygen atoms in total. The van der Waals surface area contributed by atoms with Crippen LogP contribution >= 0.6 is 22.7 Å². The van der Waals surface area contributed by atoms with Gasteiger partial charge in [0, 0.05) is 29.5 Å². The van der Waals surface area contributed by atoms with Gasteiger partial charge < -0.3 is 0 Å². The molecule has 2 heterocycles. The summed E-state index contributed by atoms with van der Waals surface area (Å²) in [5.74, 6) is -20.2. The van der Waals surface area contributed by atoms with E-state index in [1.165, 1.54) is 18.2 Å². The van der Waals surface area contributed by atoms with Gasteiger partial charge in [-0.2, -0.15) is 36.9 Å². The summed E-state index contributed by atoms with van der Waals surface area (Å²) in [6, 6.07) is 19.5. The van der Waals surface area contributed by atoms with Crippen molar-refractivity contribution in [2.24, 2.45) is 5.92 Å². The van der Waals surface area contributed by atoms with Crippen molar-refractivity contribution in [1.29, 1.82) is 10.5 Å². The van der Waals surface area contributed by atoms with Crippen molar-refractivity contribution in [2.45, 2.75) is 50.9 Å². The fraction of sp³-hybridized carbons (Fsp3) is 0.158. The number of fused-ring (bicyclic) bond motifs is 6. The van der Waals surface area contributed by atoms with E-state index in [4.69, 9.17) is 0 Å². The molecule has 75 heavy (non-hydrogen) atoms. The lowest BCUT2D eigenvalue weighted by atomic mass is 9.83. The summed E-state index contributed by atoms with van der Waals surface area (Å²) in [7, 11) is 0. The van der Waals surface area contributed by atoms with Crippen LogP contribution in [0.5, 0.6) is 0 Å². The van der Waals surface area contributed by atoms with Gasteiger partial charge in [-0.3, -0.25) is 0 Å². The zero-order valence-corrected chi connectivity index (χ0v) is 40.0. The highest BCUT2D eigenvalue weighted by molar-refractivity contribution is 7.12. The fourth-order valence-corrected chi connectivity index (χ4v) is 13.5. The molecule has 5 aliphatic carbocycles. The van der Waals surface area contributed by atoms with Crippen LogP contribution < -0.4 is 10.4 Å². The largest absolute Gasteiger partial charge is 0.422 e. The Kier molecular flexibility index (Phi) is 11.4. The van der Waals surface area contributed by atoms with E-state index in [0.29, 0.717) is 19.3 Å². The minimum Gasteiger partial charge on any atom is -0.203 e. The van der Waals surface area contributed by atoms with E-state index in [1.807, 2.05) is 24.3 Å². The number of hydrogen-bond acceptors (Lipinski definition) is 4. The molecule has 1 unspecified atom stereocenters. The second kappa shape index (κ2) is 17.3. The topological polar surface area (TPSA) is 47.6 Å². The summed E-state index contributed by atoms with van der Waals surface area (Å²) in [5.41, 5.74) is -3.21. The highest BCUT2D eigenvalue weighted by Gasteiger charge is 2.44. The smallest absolute Gasteiger partial charge is 0.203 e. The maximum Gasteiger partial charge on any atom is 0.422 e. The van der Waals surface area contributed by atoms with Crippen molar-refractivity contribution in [2.75, 3.05) is 0 Å². The summed E-state index contributed by atoms with van der Waals surface area (Å²) >= 11 is 3.31. The lowest BCUT2D eigenvalue weighted by Gasteiger charge is -2.19. The van der Waals surface area contributed by atoms with Gasteiger partial charge in [0.15, 0.2) is 46.5 Å². The van der Waals surface area contributed by atoms with Gasteiger partial charge >= 0.3 is 12.4 Å². The van der Waals surface area contributed by atoms with Crippen molar-refractivity contribution in [3.05, 3.63) is 238 Å². The summed E-state index contributed by atoms with van der Waals surface area (Å²) in [4.78, 5) is 0. The lowest BCUT2D eigenvalue weighted by Crippen LogP contribution is -2.17. The summed E-state index contributed by atoms with van der Waals surface area (Å²) in [5, 5.41) is 23.3. The molecule has 5 aliphatic rings. The molecule has 4 aromatic carbocycles. The second-order valence-corrected chi connectivity index (χ2v) is 21.0. The van der Waals surface area contributed by atoms with Gasteiger partial charge in [-0.15, -0.1) is 22.7 Å². The number of halogens is 14. The third-order valence-electron chi connectivity index (χ3n) is 14.3. The summed E-state index contributed by atoms with van der Waals surface area (Å²) in [6.07, 6.45) is 0.0430. The maximum atomic E-state index is 14.9. The van der Waals surface area contributed by atoms with E-state index in [0.717, 1.165) is 90.1 Å². The first-order chi connectivity index (χ1) is 35.4. The Hall–Kier alpha value is -7.54. The Bertz CT molecular complexity index is 4340. The van der Waals surface area contributed by atoms with Gasteiger partial charge in [0.1, 0.15) is 11.1 Å². The van der Waals surface area contributed by atoms with Crippen molar-refractivity contribution in [3.8, 4) is 12.1 Å². The molecular weight excluding hydrogens is 1040 g/mol. The van der Waals surface area contributed by atoms with E-state index in [1.54, 1.807) is 47.0 Å². The van der Waals surface area contributed by atoms with Gasteiger partial charge in [0.05, 0.1) is 34.4 Å². The number of benzene rings is 4. The zero-order valence-electron chi connectivity index (χ0n) is 38.4. The molecule has 18 heteroatoms. The van der Waals surface area contributed by atoms with Crippen LogP contribution in [0.25, 0.3) is 22.3 Å². The Morgan fingerprint density at radius 3 is 1.59 bits per heavy atom. The monoisotopic (exact) mass is 1070 g/mol. The van der Waals surface area contributed by atoms with E-state index < -0.39 is 92.3 Å². The van der Waals surface area contributed by atoms with Crippen LogP contribution in [-0.4, -0.2) is 0 Å². The molecule has 0 radical (unpaired) electrons. The first kappa shape index (κ1) is 49.7. The standard InChI is InChI=1S/C57H28F14N2S2/c1-55(2)37-19-39(25-5-9-35-29(15-25)17-27-11-23(3-7-33(27)35)13-31(21-72)41-45(58)49(62)43(56(66,67)68)50(63)46(41)59)74-53(37)54-38(55)20-40(75-54)26-6-10-36-30(16-26)18-28-12-24(4-8-34(28)36)14-32(22-73)42-47(60)51(64)44(57(69,70)71)52(65)48(42)61/h3-7,9-16,19-20,27H,8,17-18H2,1-2H3/b31-13+,32-14+,39-25?,40-26?. The predicted molar refractivity (Wildman–Crippen MR) is 251 cm³/mol. The van der Waals surface area contributed by atoms with Crippen LogP contribution in [-0.2, 0) is 30.6 Å². The summed E-state index contributed by atoms with van der Waals surface area (Å²) < 4.78 is 201. The molecule has 0 fully saturated rings. The first-order valence-corrected chi connectivity index (χ1v) is 24.2. The molecule has 6 aromatic rings. The normalized spacial score (nSPS) is 18.4. The zero-order chi connectivity index (χ0) is 53.5. The van der Waals surface area contributed by atoms with Crippen molar-refractivity contribution >= 4 is 45.0 Å². The minimum atomic E-state index is -5.73. The van der Waals surface area contributed by atoms with Crippen LogP contribution in [0.1, 0.15) is 64.8 Å². The van der Waals surface area contributed by atoms with Crippen LogP contribution in [0.4, 0.5) is 61.5 Å². The van der Waals surface area contributed by atoms with Gasteiger partial charge in [-0.05, 0) is 127 Å². The second-order valence-electron chi connectivity index (χ2n) is 18.9. The average molecular weight is 1070 g/mol. The number of hydrogen-bond donors (Lipinski definition) is 0. The van der Waals surface area contributed by atoms with Gasteiger partial charge in [-0.1, -0.05) is 68.5 Å². The molecule has 1 atom stereocenters. The van der Waals surface area contributed by atoms with E-state index in [9.17, 15) is 72.0 Å². The Morgan fingerprint density at radius 1 is 0.613 bits per heavy atom. The molecule has 0 amide bonds. The molecular formula is C57H28F14N2S2. The molecule has 11 rings (SSSR count). The number of nitriles is 2. The summed E-state index contributed by atoms with van der Waals surface area (Å²) in [6.45, 7) is 4.32. The highest BCUT2D eigenvalue weighted by atomic mass is 32.1. The van der Waals surface area contributed by atoms with Crippen molar-refractivity contribution in [3.63, 3.8) is 0 Å². The minimum absolute atomic E-state index is 0.250. The van der Waals surface area contributed by atoms with Crippen molar-refractivity contribution in [1.82, 2.24) is 0 Å². The number of rotatable bonds is 4. The third kappa shape index (κ3) is 7.78. The number of thiophene rings is 2. The van der Waals surface area contributed by atoms with Crippen molar-refractivity contribution < 1.29 is 61.5 Å². The lowest BCUT2D eigenvalue weighted by molar-refractivity contribution is -0.144. The van der Waals surface area contributed by atoms with Gasteiger partial charge in [-0.25, -0.2) is 35.1 Å². The maximum absolute atomic E-state index is 14.9. The van der Waals surface area contributed by atoms with Crippen LogP contribution in [0, 0.1) is 104 Å². The van der Waals surface area contributed by atoms with Crippen LogP contribution in [0.3, 0.4) is 0 Å². The van der Waals surface area contributed by atoms with Gasteiger partial charge in [0.2, 0.25) is 0 Å². The highest BCUT2D eigenvalue weighted by Crippen LogP contribution is 2.45. The Labute approximate surface area is 422 Å². The SMILES string of the molecule is CC1(C)c2cc(=c3ccc4c(c3)CC3=CC(/C=C(\C#N)c5c(F)c(F)c(C(F)(F)F)c(F)c5F)=CCC=43)sc2=c2sc(=c3ccc4c(c3)CC3C=C(/C=C(\C#N)c5c(F)c(F)c(C(F)(F)F)c(F)c5F)C=CC=43)cc21. The van der Waals surface area contributed by atoms with E-state index in [2.05, 4.69) is 38.1 Å². The molecule has 0 spiro atoms. The Morgan fingerprint density at radius 2 is 1.09 bits per heavy atom. The van der Waals surface area contributed by atoms with E-state index in [-0.39, 0.29) is 22.5 Å². The quantitative estimate of drug-likeness (QED) is 0.100. The van der Waals surface area contributed by atoms with Gasteiger partial charge in [0.25, 0.3) is 0 Å². The Balaban J connectivity index is 0.897. The third-order valence-corrected chi connectivity index (χ3v) is 16.8. The molecule has 0 saturated carbocycles. The number of alkyl halides is 6. The predicted octanol–water partition coefficient (Wildman–Crippen LogP) is 14.5. The average Bonchev–Trinajstić information content (AvgIpc) is 4.19. The molecule has 2 aromatic heterocycles.